The van der Waals surface area contributed by atoms with Crippen LogP contribution in [0.2, 0.25) is 0 Å². The molecule has 0 spiro atoms. The molecule has 0 bridgehead atoms. The molecule has 12 heavy (non-hydrogen) atoms. The average molecular weight is 192 g/mol. The van der Waals surface area contributed by atoms with Crippen molar-refractivity contribution in [1.29, 1.82) is 0 Å². The Hall–Kier alpha value is -0.220. The van der Waals surface area contributed by atoms with E-state index in [1.165, 1.54) is 0 Å². The predicted molar refractivity (Wildman–Crippen MR) is 50.2 cm³/mol. The van der Waals surface area contributed by atoms with Crippen LogP contribution >= 0.6 is 11.8 Å². The number of aliphatic hydroxyl groups excluding tert-OH is 1. The van der Waals surface area contributed by atoms with Gasteiger partial charge in [-0.05, 0) is 5.75 Å². The van der Waals surface area contributed by atoms with Gasteiger partial charge in [0.25, 0.3) is 0 Å². The van der Waals surface area contributed by atoms with Crippen molar-refractivity contribution in [3.05, 3.63) is 0 Å². The Morgan fingerprint density at radius 3 is 2.83 bits per heavy atom. The fourth-order valence-electron chi connectivity index (χ4n) is 0.651. The van der Waals surface area contributed by atoms with Crippen molar-refractivity contribution in [1.82, 2.24) is 0 Å². The molecular weight excluding hydrogens is 176 g/mol. The maximum atomic E-state index is 11.1. The second-order valence-corrected chi connectivity index (χ2v) is 3.77. The molecule has 0 fully saturated rings. The molecule has 1 unspecified atom stereocenters. The molecule has 0 aromatic rings. The first-order valence-electron chi connectivity index (χ1n) is 4.07. The SMILES string of the molecule is CCSCC(C)C(=O)OCCO. The topological polar surface area (TPSA) is 46.5 Å². The second-order valence-electron chi connectivity index (χ2n) is 2.45. The van der Waals surface area contributed by atoms with Gasteiger partial charge in [0.15, 0.2) is 0 Å². The smallest absolute Gasteiger partial charge is 0.309 e. The fourth-order valence-corrected chi connectivity index (χ4v) is 1.38. The van der Waals surface area contributed by atoms with Gasteiger partial charge < -0.3 is 9.84 Å². The first kappa shape index (κ1) is 11.8. The lowest BCUT2D eigenvalue weighted by Gasteiger charge is -2.09. The van der Waals surface area contributed by atoms with Crippen molar-refractivity contribution in [3.63, 3.8) is 0 Å². The van der Waals surface area contributed by atoms with Crippen molar-refractivity contribution in [2.75, 3.05) is 24.7 Å². The van der Waals surface area contributed by atoms with E-state index in [1.54, 1.807) is 11.8 Å². The van der Waals surface area contributed by atoms with Crippen molar-refractivity contribution in [2.45, 2.75) is 13.8 Å². The number of ether oxygens (including phenoxy) is 1. The van der Waals surface area contributed by atoms with Crippen LogP contribution in [0.3, 0.4) is 0 Å². The molecule has 3 nitrogen and oxygen atoms in total. The normalized spacial score (nSPS) is 12.6. The number of carbonyl (C=O) groups is 1. The largest absolute Gasteiger partial charge is 0.463 e. The minimum Gasteiger partial charge on any atom is -0.463 e. The van der Waals surface area contributed by atoms with E-state index in [0.717, 1.165) is 11.5 Å². The maximum absolute atomic E-state index is 11.1. The van der Waals surface area contributed by atoms with Crippen LogP contribution in [-0.4, -0.2) is 35.8 Å². The van der Waals surface area contributed by atoms with Gasteiger partial charge >= 0.3 is 5.97 Å². The van der Waals surface area contributed by atoms with E-state index in [2.05, 4.69) is 6.92 Å². The lowest BCUT2D eigenvalue weighted by Crippen LogP contribution is -2.18. The van der Waals surface area contributed by atoms with Crippen LogP contribution in [0.1, 0.15) is 13.8 Å². The Kier molecular flexibility index (Phi) is 7.29. The van der Waals surface area contributed by atoms with E-state index in [-0.39, 0.29) is 25.1 Å². The number of esters is 1. The highest BCUT2D eigenvalue weighted by molar-refractivity contribution is 7.99. The second kappa shape index (κ2) is 7.43. The lowest BCUT2D eigenvalue weighted by molar-refractivity contribution is -0.148. The summed E-state index contributed by atoms with van der Waals surface area (Å²) in [7, 11) is 0. The van der Waals surface area contributed by atoms with Gasteiger partial charge in [0, 0.05) is 5.75 Å². The van der Waals surface area contributed by atoms with Crippen molar-refractivity contribution in [3.8, 4) is 0 Å². The van der Waals surface area contributed by atoms with Gasteiger partial charge in [-0.25, -0.2) is 0 Å². The Labute approximate surface area is 77.5 Å². The van der Waals surface area contributed by atoms with Gasteiger partial charge in [-0.3, -0.25) is 4.79 Å². The summed E-state index contributed by atoms with van der Waals surface area (Å²) in [4.78, 5) is 11.1. The lowest BCUT2D eigenvalue weighted by atomic mass is 10.2. The summed E-state index contributed by atoms with van der Waals surface area (Å²) in [6.07, 6.45) is 0. The van der Waals surface area contributed by atoms with Crippen LogP contribution in [0, 0.1) is 5.92 Å². The molecule has 0 rings (SSSR count). The van der Waals surface area contributed by atoms with Gasteiger partial charge in [-0.2, -0.15) is 11.8 Å². The first-order valence-corrected chi connectivity index (χ1v) is 5.23. The Bertz CT molecular complexity index is 127. The van der Waals surface area contributed by atoms with Crippen LogP contribution < -0.4 is 0 Å². The summed E-state index contributed by atoms with van der Waals surface area (Å²) >= 11 is 1.71. The minimum atomic E-state index is -0.218. The summed E-state index contributed by atoms with van der Waals surface area (Å²) < 4.78 is 4.75. The molecule has 0 saturated heterocycles. The molecule has 0 aliphatic heterocycles. The van der Waals surface area contributed by atoms with Crippen LogP contribution in [0.4, 0.5) is 0 Å². The molecule has 0 saturated carbocycles. The molecule has 0 aliphatic rings. The van der Waals surface area contributed by atoms with Gasteiger partial charge in [-0.15, -0.1) is 0 Å². The molecule has 4 heteroatoms. The molecule has 72 valence electrons. The van der Waals surface area contributed by atoms with Crippen LogP contribution in [0.5, 0.6) is 0 Å². The molecule has 0 radical (unpaired) electrons. The van der Waals surface area contributed by atoms with E-state index < -0.39 is 0 Å². The third-order valence-corrected chi connectivity index (χ3v) is 2.45. The summed E-state index contributed by atoms with van der Waals surface area (Å²) in [5.74, 6) is 1.52. The van der Waals surface area contributed by atoms with E-state index >= 15 is 0 Å². The number of hydrogen-bond donors (Lipinski definition) is 1. The molecule has 0 aromatic carbocycles. The highest BCUT2D eigenvalue weighted by atomic mass is 32.2. The molecule has 0 aromatic heterocycles. The fraction of sp³-hybridized carbons (Fsp3) is 0.875. The van der Waals surface area contributed by atoms with Gasteiger partial charge in [0.05, 0.1) is 12.5 Å². The Morgan fingerprint density at radius 1 is 1.67 bits per heavy atom. The Balaban J connectivity index is 3.47. The molecule has 0 heterocycles. The molecule has 1 atom stereocenters. The quantitative estimate of drug-likeness (QED) is 0.635. The number of rotatable bonds is 6. The van der Waals surface area contributed by atoms with Crippen LogP contribution in [0.15, 0.2) is 0 Å². The van der Waals surface area contributed by atoms with Crippen molar-refractivity contribution < 1.29 is 14.6 Å². The zero-order valence-electron chi connectivity index (χ0n) is 7.58. The van der Waals surface area contributed by atoms with Crippen LogP contribution in [-0.2, 0) is 9.53 Å². The Morgan fingerprint density at radius 2 is 2.33 bits per heavy atom. The van der Waals surface area contributed by atoms with E-state index in [1.807, 2.05) is 6.92 Å². The predicted octanol–water partition coefficient (Wildman–Crippen LogP) is 0.911. The molecule has 1 N–H and O–H groups in total. The zero-order valence-corrected chi connectivity index (χ0v) is 8.39. The summed E-state index contributed by atoms with van der Waals surface area (Å²) in [5, 5.41) is 8.39. The maximum Gasteiger partial charge on any atom is 0.309 e. The number of aliphatic hydroxyl groups is 1. The zero-order chi connectivity index (χ0) is 9.40. The van der Waals surface area contributed by atoms with Crippen LogP contribution in [0.25, 0.3) is 0 Å². The molecule has 0 aliphatic carbocycles. The standard InChI is InChI=1S/C8H16O3S/c1-3-12-6-7(2)8(10)11-5-4-9/h7,9H,3-6H2,1-2H3. The van der Waals surface area contributed by atoms with E-state index in [9.17, 15) is 4.79 Å². The summed E-state index contributed by atoms with van der Waals surface area (Å²) in [6, 6.07) is 0. The van der Waals surface area contributed by atoms with Gasteiger partial charge in [0.1, 0.15) is 6.61 Å². The summed E-state index contributed by atoms with van der Waals surface area (Å²) in [6.45, 7) is 3.90. The van der Waals surface area contributed by atoms with Gasteiger partial charge in [-0.1, -0.05) is 13.8 Å². The monoisotopic (exact) mass is 192 g/mol. The van der Waals surface area contributed by atoms with E-state index in [4.69, 9.17) is 9.84 Å². The molecule has 0 amide bonds. The van der Waals surface area contributed by atoms with Crippen molar-refractivity contribution >= 4 is 17.7 Å². The number of hydrogen-bond acceptors (Lipinski definition) is 4. The summed E-state index contributed by atoms with van der Waals surface area (Å²) in [5.41, 5.74) is 0. The van der Waals surface area contributed by atoms with E-state index in [0.29, 0.717) is 0 Å². The molecular formula is C8H16O3S. The van der Waals surface area contributed by atoms with Gasteiger partial charge in [0.2, 0.25) is 0 Å². The average Bonchev–Trinajstić information content (AvgIpc) is 2.10. The minimum absolute atomic E-state index is 0.0681. The third kappa shape index (κ3) is 5.43. The third-order valence-electron chi connectivity index (χ3n) is 1.31. The first-order chi connectivity index (χ1) is 5.72. The van der Waals surface area contributed by atoms with Crippen molar-refractivity contribution in [2.24, 2.45) is 5.92 Å². The number of carbonyl (C=O) groups excluding carboxylic acids is 1. The number of thioether (sulfide) groups is 1. The highest BCUT2D eigenvalue weighted by Gasteiger charge is 2.13. The highest BCUT2D eigenvalue weighted by Crippen LogP contribution is 2.08.